The summed E-state index contributed by atoms with van der Waals surface area (Å²) in [5.41, 5.74) is 0.931. The molecule has 8 nitrogen and oxygen atoms in total. The van der Waals surface area contributed by atoms with Crippen LogP contribution in [0.15, 0.2) is 47.3 Å². The van der Waals surface area contributed by atoms with Crippen LogP contribution >= 0.6 is 0 Å². The average Bonchev–Trinajstić information content (AvgIpc) is 2.69. The van der Waals surface area contributed by atoms with Crippen LogP contribution < -0.4 is 20.3 Å². The van der Waals surface area contributed by atoms with E-state index in [0.717, 1.165) is 0 Å². The number of benzene rings is 2. The molecule has 0 atom stereocenters. The predicted octanol–water partition coefficient (Wildman–Crippen LogP) is 2.23. The fraction of sp³-hybridized carbons (Fsp3) is 0.263. The van der Waals surface area contributed by atoms with Crippen molar-refractivity contribution >= 4 is 22.5 Å². The number of nitrogens with one attached hydrogen (secondary N) is 1. The highest BCUT2D eigenvalue weighted by molar-refractivity contribution is 5.91. The molecule has 1 aromatic heterocycles. The fourth-order valence-electron chi connectivity index (χ4n) is 2.66. The minimum Gasteiger partial charge on any atom is -0.497 e. The van der Waals surface area contributed by atoms with Gasteiger partial charge < -0.3 is 14.8 Å². The van der Waals surface area contributed by atoms with Gasteiger partial charge in [0.2, 0.25) is 5.91 Å². The summed E-state index contributed by atoms with van der Waals surface area (Å²) < 4.78 is 11.6. The van der Waals surface area contributed by atoms with Crippen LogP contribution in [0.2, 0.25) is 0 Å². The lowest BCUT2D eigenvalue weighted by Crippen LogP contribution is -2.25. The maximum Gasteiger partial charge on any atom is 0.277 e. The molecule has 0 unspecified atom stereocenters. The van der Waals surface area contributed by atoms with E-state index in [-0.39, 0.29) is 17.9 Å². The zero-order valence-corrected chi connectivity index (χ0v) is 15.1. The number of nitrogens with zero attached hydrogens (tertiary/aromatic N) is 3. The molecule has 1 amide bonds. The summed E-state index contributed by atoms with van der Waals surface area (Å²) in [5.74, 6) is 0.998. The number of hydrogen-bond donors (Lipinski definition) is 1. The Bertz CT molecular complexity index is 994. The first-order valence-corrected chi connectivity index (χ1v) is 8.46. The first-order valence-electron chi connectivity index (χ1n) is 8.46. The Morgan fingerprint density at radius 1 is 1.11 bits per heavy atom. The zero-order valence-electron chi connectivity index (χ0n) is 15.1. The maximum atomic E-state index is 12.4. The van der Waals surface area contributed by atoms with Crippen LogP contribution in [-0.4, -0.2) is 35.1 Å². The molecule has 0 radical (unpaired) electrons. The highest BCUT2D eigenvalue weighted by Gasteiger charge is 2.08. The van der Waals surface area contributed by atoms with Gasteiger partial charge in [0, 0.05) is 36.9 Å². The second kappa shape index (κ2) is 8.31. The Kier molecular flexibility index (Phi) is 5.65. The second-order valence-corrected chi connectivity index (χ2v) is 5.89. The van der Waals surface area contributed by atoms with Gasteiger partial charge in [0.05, 0.1) is 19.6 Å². The summed E-state index contributed by atoms with van der Waals surface area (Å²) in [7, 11) is 3.09. The number of amides is 1. The van der Waals surface area contributed by atoms with Crippen molar-refractivity contribution in [1.29, 1.82) is 0 Å². The Morgan fingerprint density at radius 2 is 1.81 bits per heavy atom. The minimum atomic E-state index is -0.210. The lowest BCUT2D eigenvalue weighted by molar-refractivity contribution is -0.116. The van der Waals surface area contributed by atoms with Crippen LogP contribution in [0, 0.1) is 0 Å². The van der Waals surface area contributed by atoms with Crippen LogP contribution in [0.3, 0.4) is 0 Å². The molecule has 0 aliphatic heterocycles. The number of rotatable bonds is 7. The first kappa shape index (κ1) is 18.4. The molecular formula is C19H20N4O4. The van der Waals surface area contributed by atoms with Gasteiger partial charge in [-0.2, -0.15) is 0 Å². The Balaban J connectivity index is 1.60. The lowest BCUT2D eigenvalue weighted by Gasteiger charge is -2.10. The van der Waals surface area contributed by atoms with Crippen molar-refractivity contribution in [1.82, 2.24) is 15.0 Å². The molecule has 0 spiro atoms. The van der Waals surface area contributed by atoms with E-state index in [4.69, 9.17) is 9.47 Å². The predicted molar refractivity (Wildman–Crippen MR) is 101 cm³/mol. The van der Waals surface area contributed by atoms with E-state index in [9.17, 15) is 9.59 Å². The third-order valence-electron chi connectivity index (χ3n) is 4.04. The van der Waals surface area contributed by atoms with Gasteiger partial charge in [0.25, 0.3) is 5.56 Å². The van der Waals surface area contributed by atoms with Crippen molar-refractivity contribution in [2.75, 3.05) is 19.5 Å². The van der Waals surface area contributed by atoms with E-state index in [2.05, 4.69) is 15.6 Å². The quantitative estimate of drug-likeness (QED) is 0.687. The van der Waals surface area contributed by atoms with Crippen molar-refractivity contribution in [2.24, 2.45) is 0 Å². The number of methoxy groups -OCH3 is 2. The van der Waals surface area contributed by atoms with Gasteiger partial charge in [-0.05, 0) is 18.6 Å². The van der Waals surface area contributed by atoms with E-state index in [1.165, 1.54) is 4.68 Å². The molecule has 1 heterocycles. The molecule has 8 heteroatoms. The van der Waals surface area contributed by atoms with Gasteiger partial charge in [0.15, 0.2) is 0 Å². The number of ether oxygens (including phenoxy) is 2. The number of aromatic nitrogens is 3. The van der Waals surface area contributed by atoms with Crippen molar-refractivity contribution in [3.63, 3.8) is 0 Å². The monoisotopic (exact) mass is 368 g/mol. The molecule has 1 N–H and O–H groups in total. The number of carbonyl (C=O) groups excluding carboxylic acids is 1. The molecule has 140 valence electrons. The number of aryl methyl sites for hydroxylation is 1. The third kappa shape index (κ3) is 4.41. The van der Waals surface area contributed by atoms with Crippen LogP contribution in [0.5, 0.6) is 11.5 Å². The summed E-state index contributed by atoms with van der Waals surface area (Å²) >= 11 is 0. The van der Waals surface area contributed by atoms with Gasteiger partial charge in [-0.25, -0.2) is 4.68 Å². The average molecular weight is 368 g/mol. The number of carbonyl (C=O) groups is 1. The van der Waals surface area contributed by atoms with Crippen molar-refractivity contribution < 1.29 is 14.3 Å². The lowest BCUT2D eigenvalue weighted by atomic mass is 10.2. The number of fused-ring (bicyclic) bond motifs is 1. The summed E-state index contributed by atoms with van der Waals surface area (Å²) in [4.78, 5) is 24.6. The zero-order chi connectivity index (χ0) is 19.2. The topological polar surface area (TPSA) is 95.3 Å². The van der Waals surface area contributed by atoms with E-state index in [1.54, 1.807) is 56.7 Å². The molecule has 0 saturated heterocycles. The number of anilines is 1. The number of hydrogen-bond acceptors (Lipinski definition) is 6. The van der Waals surface area contributed by atoms with E-state index >= 15 is 0 Å². The van der Waals surface area contributed by atoms with E-state index < -0.39 is 0 Å². The molecule has 0 aliphatic rings. The normalized spacial score (nSPS) is 10.6. The molecule has 0 aliphatic carbocycles. The molecule has 27 heavy (non-hydrogen) atoms. The maximum absolute atomic E-state index is 12.4. The minimum absolute atomic E-state index is 0.174. The first-order chi connectivity index (χ1) is 13.1. The van der Waals surface area contributed by atoms with Crippen molar-refractivity contribution in [3.05, 3.63) is 52.8 Å². The molecule has 0 fully saturated rings. The third-order valence-corrected chi connectivity index (χ3v) is 4.04. The summed E-state index contributed by atoms with van der Waals surface area (Å²) in [6, 6.07) is 12.2. The Labute approximate surface area is 155 Å². The Morgan fingerprint density at radius 3 is 2.52 bits per heavy atom. The largest absolute Gasteiger partial charge is 0.497 e. The highest BCUT2D eigenvalue weighted by Crippen LogP contribution is 2.25. The van der Waals surface area contributed by atoms with Gasteiger partial charge in [-0.3, -0.25) is 9.59 Å². The van der Waals surface area contributed by atoms with Crippen LogP contribution in [0.25, 0.3) is 10.9 Å². The van der Waals surface area contributed by atoms with Gasteiger partial charge >= 0.3 is 0 Å². The van der Waals surface area contributed by atoms with Gasteiger partial charge in [0.1, 0.15) is 17.0 Å². The SMILES string of the molecule is COc1cc(NC(=O)CCCn2nnc3ccccc3c2=O)cc(OC)c1. The second-order valence-electron chi connectivity index (χ2n) is 5.89. The summed E-state index contributed by atoms with van der Waals surface area (Å²) in [5, 5.41) is 11.3. The molecule has 2 aromatic carbocycles. The smallest absolute Gasteiger partial charge is 0.277 e. The fourth-order valence-corrected chi connectivity index (χ4v) is 2.66. The molecular weight excluding hydrogens is 348 g/mol. The van der Waals surface area contributed by atoms with Crippen molar-refractivity contribution in [3.8, 4) is 11.5 Å². The van der Waals surface area contributed by atoms with Gasteiger partial charge in [-0.15, -0.1) is 5.10 Å². The van der Waals surface area contributed by atoms with Crippen molar-refractivity contribution in [2.45, 2.75) is 19.4 Å². The van der Waals surface area contributed by atoms with E-state index in [1.807, 2.05) is 0 Å². The van der Waals surface area contributed by atoms with Crippen LogP contribution in [0.4, 0.5) is 5.69 Å². The van der Waals surface area contributed by atoms with Crippen LogP contribution in [-0.2, 0) is 11.3 Å². The Hall–Kier alpha value is -3.42. The molecule has 0 saturated carbocycles. The molecule has 3 rings (SSSR count). The standard InChI is InChI=1S/C19H20N4O4/c1-26-14-10-13(11-15(12-14)27-2)20-18(24)8-5-9-23-19(25)16-6-3-4-7-17(16)21-22-23/h3-4,6-7,10-12H,5,8-9H2,1-2H3,(H,20,24). The molecule has 3 aromatic rings. The summed E-state index contributed by atoms with van der Waals surface area (Å²) in [6.45, 7) is 0.311. The summed E-state index contributed by atoms with van der Waals surface area (Å²) in [6.07, 6.45) is 0.695. The van der Waals surface area contributed by atoms with Gasteiger partial charge in [-0.1, -0.05) is 17.3 Å². The van der Waals surface area contributed by atoms with Crippen LogP contribution in [0.1, 0.15) is 12.8 Å². The highest BCUT2D eigenvalue weighted by atomic mass is 16.5. The van der Waals surface area contributed by atoms with E-state index in [0.29, 0.717) is 41.1 Å². The molecule has 0 bridgehead atoms.